The van der Waals surface area contributed by atoms with E-state index in [1.165, 1.54) is 36.9 Å². The first-order chi connectivity index (χ1) is 7.42. The van der Waals surface area contributed by atoms with Gasteiger partial charge in [0, 0.05) is 24.3 Å². The van der Waals surface area contributed by atoms with E-state index in [-0.39, 0.29) is 0 Å². The van der Waals surface area contributed by atoms with Crippen molar-refractivity contribution >= 4 is 11.0 Å². The van der Waals surface area contributed by atoms with Crippen LogP contribution >= 0.6 is 0 Å². The van der Waals surface area contributed by atoms with Crippen molar-refractivity contribution < 1.29 is 0 Å². The lowest BCUT2D eigenvalue weighted by atomic mass is 10.2. The highest BCUT2D eigenvalue weighted by Gasteiger charge is 2.11. The maximum atomic E-state index is 4.40. The second kappa shape index (κ2) is 3.66. The van der Waals surface area contributed by atoms with Gasteiger partial charge in [-0.1, -0.05) is 0 Å². The van der Waals surface area contributed by atoms with Gasteiger partial charge >= 0.3 is 0 Å². The fraction of sp³-hybridized carbons (Fsp3) is 0.417. The standard InChI is InChI=1S/C12H15N3/c1-2-6-15(5-1)9-10-7-11-3-4-13-12(11)14-8-10/h3-4,7-8H,1-2,5-6,9H2,(H,13,14). The molecule has 2 aromatic heterocycles. The Morgan fingerprint density at radius 2 is 2.20 bits per heavy atom. The second-order valence-corrected chi connectivity index (χ2v) is 4.24. The van der Waals surface area contributed by atoms with E-state index in [4.69, 9.17) is 0 Å². The van der Waals surface area contributed by atoms with Gasteiger partial charge in [0.2, 0.25) is 0 Å². The Kier molecular flexibility index (Phi) is 2.18. The van der Waals surface area contributed by atoms with E-state index in [0.717, 1.165) is 12.2 Å². The van der Waals surface area contributed by atoms with Gasteiger partial charge in [0.05, 0.1) is 0 Å². The van der Waals surface area contributed by atoms with Gasteiger partial charge in [-0.3, -0.25) is 4.90 Å². The summed E-state index contributed by atoms with van der Waals surface area (Å²) in [5.74, 6) is 0. The largest absolute Gasteiger partial charge is 0.346 e. The molecular formula is C12H15N3. The lowest BCUT2D eigenvalue weighted by molar-refractivity contribution is 0.331. The fourth-order valence-corrected chi connectivity index (χ4v) is 2.27. The molecule has 3 rings (SSSR count). The van der Waals surface area contributed by atoms with Gasteiger partial charge in [-0.2, -0.15) is 0 Å². The van der Waals surface area contributed by atoms with Gasteiger partial charge in [-0.25, -0.2) is 4.98 Å². The van der Waals surface area contributed by atoms with Crippen LogP contribution in [0.1, 0.15) is 18.4 Å². The predicted molar refractivity (Wildman–Crippen MR) is 60.6 cm³/mol. The van der Waals surface area contributed by atoms with E-state index in [0.29, 0.717) is 0 Å². The quantitative estimate of drug-likeness (QED) is 0.807. The molecule has 0 bridgehead atoms. The summed E-state index contributed by atoms with van der Waals surface area (Å²) in [7, 11) is 0. The number of rotatable bonds is 2. The van der Waals surface area contributed by atoms with Crippen LogP contribution in [-0.2, 0) is 6.54 Å². The van der Waals surface area contributed by atoms with Crippen LogP contribution in [0.5, 0.6) is 0 Å². The van der Waals surface area contributed by atoms with Crippen LogP contribution in [0, 0.1) is 0 Å². The highest BCUT2D eigenvalue weighted by atomic mass is 15.1. The van der Waals surface area contributed by atoms with Gasteiger partial charge < -0.3 is 4.98 Å². The highest BCUT2D eigenvalue weighted by molar-refractivity contribution is 5.75. The topological polar surface area (TPSA) is 31.9 Å². The third-order valence-corrected chi connectivity index (χ3v) is 3.06. The number of pyridine rings is 1. The summed E-state index contributed by atoms with van der Waals surface area (Å²) in [6, 6.07) is 4.31. The molecule has 0 aromatic carbocycles. The van der Waals surface area contributed by atoms with Crippen LogP contribution in [0.4, 0.5) is 0 Å². The summed E-state index contributed by atoms with van der Waals surface area (Å²) in [5.41, 5.74) is 2.31. The van der Waals surface area contributed by atoms with Crippen molar-refractivity contribution in [1.29, 1.82) is 0 Å². The Morgan fingerprint density at radius 3 is 3.07 bits per heavy atom. The Labute approximate surface area is 89.1 Å². The van der Waals surface area contributed by atoms with Gasteiger partial charge in [0.25, 0.3) is 0 Å². The lowest BCUT2D eigenvalue weighted by Crippen LogP contribution is -2.18. The minimum Gasteiger partial charge on any atom is -0.346 e. The van der Waals surface area contributed by atoms with Crippen molar-refractivity contribution in [2.24, 2.45) is 0 Å². The van der Waals surface area contributed by atoms with Crippen molar-refractivity contribution in [3.05, 3.63) is 30.1 Å². The Hall–Kier alpha value is -1.35. The number of nitrogens with zero attached hydrogens (tertiary/aromatic N) is 2. The van der Waals surface area contributed by atoms with Crippen LogP contribution < -0.4 is 0 Å². The SMILES string of the molecule is c1cc2cc(CN3CCCC3)cnc2[nH]1. The maximum absolute atomic E-state index is 4.40. The van der Waals surface area contributed by atoms with Gasteiger partial charge in [-0.15, -0.1) is 0 Å². The molecule has 0 aliphatic carbocycles. The van der Waals surface area contributed by atoms with Gasteiger partial charge in [0.1, 0.15) is 5.65 Å². The Morgan fingerprint density at radius 1 is 1.33 bits per heavy atom. The minimum atomic E-state index is 0.986. The molecule has 0 radical (unpaired) electrons. The van der Waals surface area contributed by atoms with Crippen molar-refractivity contribution in [2.45, 2.75) is 19.4 Å². The van der Waals surface area contributed by atoms with Crippen molar-refractivity contribution in [1.82, 2.24) is 14.9 Å². The van der Waals surface area contributed by atoms with Crippen LogP contribution in [0.3, 0.4) is 0 Å². The molecule has 0 saturated carbocycles. The number of fused-ring (bicyclic) bond motifs is 1. The number of hydrogen-bond donors (Lipinski definition) is 1. The van der Waals surface area contributed by atoms with E-state index in [1.807, 2.05) is 12.4 Å². The molecule has 78 valence electrons. The maximum Gasteiger partial charge on any atom is 0.137 e. The summed E-state index contributed by atoms with van der Waals surface area (Å²) in [4.78, 5) is 10.0. The Bertz CT molecular complexity index is 455. The number of likely N-dealkylation sites (tertiary alicyclic amines) is 1. The zero-order valence-corrected chi connectivity index (χ0v) is 8.74. The second-order valence-electron chi connectivity index (χ2n) is 4.24. The fourth-order valence-electron chi connectivity index (χ4n) is 2.27. The average molecular weight is 201 g/mol. The minimum absolute atomic E-state index is 0.986. The first-order valence-corrected chi connectivity index (χ1v) is 5.56. The van der Waals surface area contributed by atoms with Gasteiger partial charge in [-0.05, 0) is 43.6 Å². The Balaban J connectivity index is 1.84. The normalized spacial score (nSPS) is 17.6. The highest BCUT2D eigenvalue weighted by Crippen LogP contribution is 2.15. The predicted octanol–water partition coefficient (Wildman–Crippen LogP) is 2.16. The van der Waals surface area contributed by atoms with Gasteiger partial charge in [0.15, 0.2) is 0 Å². The molecule has 0 spiro atoms. The molecule has 3 heteroatoms. The van der Waals surface area contributed by atoms with Crippen molar-refractivity contribution in [3.8, 4) is 0 Å². The summed E-state index contributed by atoms with van der Waals surface area (Å²) < 4.78 is 0. The van der Waals surface area contributed by atoms with Crippen molar-refractivity contribution in [3.63, 3.8) is 0 Å². The molecule has 0 unspecified atom stereocenters. The summed E-state index contributed by atoms with van der Waals surface area (Å²) in [6.07, 6.45) is 6.62. The first-order valence-electron chi connectivity index (χ1n) is 5.56. The van der Waals surface area contributed by atoms with E-state index in [9.17, 15) is 0 Å². The van der Waals surface area contributed by atoms with E-state index >= 15 is 0 Å². The summed E-state index contributed by atoms with van der Waals surface area (Å²) in [6.45, 7) is 3.53. The molecule has 2 aromatic rings. The smallest absolute Gasteiger partial charge is 0.137 e. The average Bonchev–Trinajstić information content (AvgIpc) is 2.87. The van der Waals surface area contributed by atoms with E-state index in [1.54, 1.807) is 0 Å². The number of aromatic amines is 1. The van der Waals surface area contributed by atoms with Crippen LogP contribution in [0.25, 0.3) is 11.0 Å². The first kappa shape index (κ1) is 8.92. The number of H-pyrrole nitrogens is 1. The number of aromatic nitrogens is 2. The summed E-state index contributed by atoms with van der Waals surface area (Å²) in [5, 5.41) is 1.21. The zero-order valence-electron chi connectivity index (χ0n) is 8.74. The molecule has 1 saturated heterocycles. The lowest BCUT2D eigenvalue weighted by Gasteiger charge is -2.13. The number of hydrogen-bond acceptors (Lipinski definition) is 2. The molecule has 3 heterocycles. The molecule has 1 N–H and O–H groups in total. The van der Waals surface area contributed by atoms with Crippen molar-refractivity contribution in [2.75, 3.05) is 13.1 Å². The third-order valence-electron chi connectivity index (χ3n) is 3.06. The van der Waals surface area contributed by atoms with Crippen LogP contribution in [-0.4, -0.2) is 28.0 Å². The molecule has 1 aliphatic rings. The molecule has 3 nitrogen and oxygen atoms in total. The molecule has 0 amide bonds. The van der Waals surface area contributed by atoms with Crippen LogP contribution in [0.15, 0.2) is 24.5 Å². The van der Waals surface area contributed by atoms with E-state index in [2.05, 4.69) is 27.0 Å². The van der Waals surface area contributed by atoms with E-state index < -0.39 is 0 Å². The van der Waals surface area contributed by atoms with Crippen LogP contribution in [0.2, 0.25) is 0 Å². The molecule has 0 atom stereocenters. The third kappa shape index (κ3) is 1.75. The molecule has 1 aliphatic heterocycles. The molecule has 1 fully saturated rings. The summed E-state index contributed by atoms with van der Waals surface area (Å²) >= 11 is 0. The molecular weight excluding hydrogens is 186 g/mol. The monoisotopic (exact) mass is 201 g/mol. The zero-order chi connectivity index (χ0) is 10.1. The number of nitrogens with one attached hydrogen (secondary N) is 1. The molecule has 15 heavy (non-hydrogen) atoms.